The third-order valence-electron chi connectivity index (χ3n) is 1.98. The number of nitro groups is 1. The van der Waals surface area contributed by atoms with Gasteiger partial charge in [0.1, 0.15) is 17.8 Å². The van der Waals surface area contributed by atoms with E-state index in [1.807, 2.05) is 6.07 Å². The number of aromatic nitrogens is 1. The molecule has 0 unspecified atom stereocenters. The Hall–Kier alpha value is -2.37. The highest BCUT2D eigenvalue weighted by Gasteiger charge is 2.04. The first kappa shape index (κ1) is 10.2. The Labute approximate surface area is 91.1 Å². The minimum absolute atomic E-state index is 0.0245. The first-order valence-electron chi connectivity index (χ1n) is 4.62. The van der Waals surface area contributed by atoms with E-state index in [9.17, 15) is 10.1 Å². The van der Waals surface area contributed by atoms with Crippen LogP contribution in [0.25, 0.3) is 0 Å². The fourth-order valence-electron chi connectivity index (χ4n) is 1.19. The largest absolute Gasteiger partial charge is 0.467 e. The van der Waals surface area contributed by atoms with Gasteiger partial charge in [0.2, 0.25) is 0 Å². The monoisotopic (exact) mass is 219 g/mol. The van der Waals surface area contributed by atoms with Gasteiger partial charge in [-0.25, -0.2) is 4.98 Å². The third kappa shape index (κ3) is 2.35. The van der Waals surface area contributed by atoms with Crippen LogP contribution in [0.1, 0.15) is 5.76 Å². The summed E-state index contributed by atoms with van der Waals surface area (Å²) >= 11 is 0. The summed E-state index contributed by atoms with van der Waals surface area (Å²) in [4.78, 5) is 13.8. The maximum atomic E-state index is 10.4. The first-order valence-corrected chi connectivity index (χ1v) is 4.62. The van der Waals surface area contributed by atoms with E-state index < -0.39 is 4.92 Å². The van der Waals surface area contributed by atoms with Crippen LogP contribution in [-0.4, -0.2) is 9.91 Å². The molecule has 0 spiro atoms. The fourth-order valence-corrected chi connectivity index (χ4v) is 1.19. The molecule has 6 nitrogen and oxygen atoms in total. The highest BCUT2D eigenvalue weighted by Crippen LogP contribution is 2.12. The fraction of sp³-hybridized carbons (Fsp3) is 0.100. The zero-order valence-corrected chi connectivity index (χ0v) is 8.29. The van der Waals surface area contributed by atoms with Crippen LogP contribution in [0.5, 0.6) is 0 Å². The highest BCUT2D eigenvalue weighted by atomic mass is 16.6. The molecule has 0 radical (unpaired) electrons. The van der Waals surface area contributed by atoms with Gasteiger partial charge < -0.3 is 9.73 Å². The SMILES string of the molecule is O=[N+]([O-])c1ccc(NCc2ccco2)nc1. The number of pyridine rings is 1. The van der Waals surface area contributed by atoms with Crippen molar-refractivity contribution in [2.24, 2.45) is 0 Å². The average molecular weight is 219 g/mol. The molecule has 0 fully saturated rings. The topological polar surface area (TPSA) is 81.2 Å². The van der Waals surface area contributed by atoms with Crippen molar-refractivity contribution in [3.8, 4) is 0 Å². The molecular weight excluding hydrogens is 210 g/mol. The second-order valence-electron chi connectivity index (χ2n) is 3.09. The first-order chi connectivity index (χ1) is 7.75. The molecule has 16 heavy (non-hydrogen) atoms. The molecular formula is C10H9N3O3. The number of rotatable bonds is 4. The van der Waals surface area contributed by atoms with Crippen LogP contribution in [-0.2, 0) is 6.54 Å². The summed E-state index contributed by atoms with van der Waals surface area (Å²) in [5.74, 6) is 1.35. The number of hydrogen-bond donors (Lipinski definition) is 1. The Morgan fingerprint density at radius 3 is 2.88 bits per heavy atom. The molecule has 82 valence electrons. The van der Waals surface area contributed by atoms with Gasteiger partial charge in [-0.3, -0.25) is 10.1 Å². The van der Waals surface area contributed by atoms with Gasteiger partial charge in [0, 0.05) is 6.07 Å². The van der Waals surface area contributed by atoms with Crippen molar-refractivity contribution in [3.63, 3.8) is 0 Å². The van der Waals surface area contributed by atoms with Crippen molar-refractivity contribution in [3.05, 3.63) is 52.6 Å². The Morgan fingerprint density at radius 1 is 1.44 bits per heavy atom. The summed E-state index contributed by atoms with van der Waals surface area (Å²) in [6.07, 6.45) is 2.80. The molecule has 0 saturated heterocycles. The smallest absolute Gasteiger partial charge is 0.287 e. The maximum Gasteiger partial charge on any atom is 0.287 e. The summed E-state index contributed by atoms with van der Waals surface area (Å²) in [7, 11) is 0. The molecule has 0 aliphatic heterocycles. The average Bonchev–Trinajstić information content (AvgIpc) is 2.80. The molecule has 2 rings (SSSR count). The summed E-state index contributed by atoms with van der Waals surface area (Å²) in [6.45, 7) is 0.498. The van der Waals surface area contributed by atoms with Crippen molar-refractivity contribution in [2.45, 2.75) is 6.54 Å². The van der Waals surface area contributed by atoms with Crippen molar-refractivity contribution >= 4 is 11.5 Å². The van der Waals surface area contributed by atoms with Gasteiger partial charge in [-0.15, -0.1) is 0 Å². The molecule has 0 aromatic carbocycles. The lowest BCUT2D eigenvalue weighted by atomic mass is 10.4. The zero-order valence-electron chi connectivity index (χ0n) is 8.29. The van der Waals surface area contributed by atoms with E-state index in [0.717, 1.165) is 5.76 Å². The van der Waals surface area contributed by atoms with Crippen LogP contribution < -0.4 is 5.32 Å². The van der Waals surface area contributed by atoms with E-state index in [-0.39, 0.29) is 5.69 Å². The van der Waals surface area contributed by atoms with Gasteiger partial charge in [-0.05, 0) is 18.2 Å². The summed E-state index contributed by atoms with van der Waals surface area (Å²) in [6, 6.07) is 6.58. The quantitative estimate of drug-likeness (QED) is 0.629. The summed E-state index contributed by atoms with van der Waals surface area (Å²) < 4.78 is 5.12. The lowest BCUT2D eigenvalue weighted by Crippen LogP contribution is -2.00. The molecule has 0 aliphatic rings. The van der Waals surface area contributed by atoms with E-state index in [2.05, 4.69) is 10.3 Å². The second-order valence-corrected chi connectivity index (χ2v) is 3.09. The Morgan fingerprint density at radius 2 is 2.31 bits per heavy atom. The molecule has 0 aliphatic carbocycles. The van der Waals surface area contributed by atoms with Crippen LogP contribution >= 0.6 is 0 Å². The van der Waals surface area contributed by atoms with Crippen LogP contribution in [0.3, 0.4) is 0 Å². The van der Waals surface area contributed by atoms with Crippen molar-refractivity contribution < 1.29 is 9.34 Å². The maximum absolute atomic E-state index is 10.4. The van der Waals surface area contributed by atoms with Crippen LogP contribution in [0.2, 0.25) is 0 Å². The lowest BCUT2D eigenvalue weighted by Gasteiger charge is -2.02. The lowest BCUT2D eigenvalue weighted by molar-refractivity contribution is -0.385. The van der Waals surface area contributed by atoms with E-state index in [4.69, 9.17) is 4.42 Å². The Balaban J connectivity index is 1.98. The molecule has 2 heterocycles. The van der Waals surface area contributed by atoms with Gasteiger partial charge in [0.25, 0.3) is 5.69 Å². The third-order valence-corrected chi connectivity index (χ3v) is 1.98. The molecule has 0 atom stereocenters. The van der Waals surface area contributed by atoms with Gasteiger partial charge in [-0.2, -0.15) is 0 Å². The van der Waals surface area contributed by atoms with E-state index in [0.29, 0.717) is 12.4 Å². The molecule has 0 amide bonds. The predicted octanol–water partition coefficient (Wildman–Crippen LogP) is 2.19. The minimum Gasteiger partial charge on any atom is -0.467 e. The van der Waals surface area contributed by atoms with Crippen LogP contribution in [0.15, 0.2) is 41.1 Å². The Bertz CT molecular complexity index is 465. The molecule has 2 aromatic rings. The number of furan rings is 1. The van der Waals surface area contributed by atoms with Gasteiger partial charge >= 0.3 is 0 Å². The van der Waals surface area contributed by atoms with E-state index in [1.54, 1.807) is 18.4 Å². The van der Waals surface area contributed by atoms with E-state index >= 15 is 0 Å². The van der Waals surface area contributed by atoms with E-state index in [1.165, 1.54) is 12.3 Å². The van der Waals surface area contributed by atoms with Crippen molar-refractivity contribution in [2.75, 3.05) is 5.32 Å². The van der Waals surface area contributed by atoms with Gasteiger partial charge in [0.15, 0.2) is 0 Å². The number of nitrogens with zero attached hydrogens (tertiary/aromatic N) is 2. The van der Waals surface area contributed by atoms with Crippen molar-refractivity contribution in [1.29, 1.82) is 0 Å². The summed E-state index contributed by atoms with van der Waals surface area (Å²) in [5.41, 5.74) is -0.0245. The number of nitrogens with one attached hydrogen (secondary N) is 1. The molecule has 1 N–H and O–H groups in total. The zero-order chi connectivity index (χ0) is 11.4. The molecule has 0 bridgehead atoms. The predicted molar refractivity (Wildman–Crippen MR) is 56.9 cm³/mol. The molecule has 0 saturated carbocycles. The Kier molecular flexibility index (Phi) is 2.81. The van der Waals surface area contributed by atoms with Crippen LogP contribution in [0, 0.1) is 10.1 Å². The highest BCUT2D eigenvalue weighted by molar-refractivity contribution is 5.40. The number of anilines is 1. The van der Waals surface area contributed by atoms with Crippen molar-refractivity contribution in [1.82, 2.24) is 4.98 Å². The summed E-state index contributed by atoms with van der Waals surface area (Å²) in [5, 5.41) is 13.4. The second kappa shape index (κ2) is 4.43. The molecule has 2 aromatic heterocycles. The van der Waals surface area contributed by atoms with Crippen LogP contribution in [0.4, 0.5) is 11.5 Å². The molecule has 6 heteroatoms. The minimum atomic E-state index is -0.483. The van der Waals surface area contributed by atoms with Gasteiger partial charge in [0.05, 0.1) is 17.7 Å². The number of hydrogen-bond acceptors (Lipinski definition) is 5. The normalized spacial score (nSPS) is 10.0. The standard InChI is InChI=1S/C10H9N3O3/c14-13(15)8-3-4-10(11-6-8)12-7-9-2-1-5-16-9/h1-6H,7H2,(H,11,12). The van der Waals surface area contributed by atoms with Gasteiger partial charge in [-0.1, -0.05) is 0 Å².